The average molecular weight is 643 g/mol. The maximum absolute atomic E-state index is 13.7. The fourth-order valence-electron chi connectivity index (χ4n) is 5.66. The quantitative estimate of drug-likeness (QED) is 0.232. The van der Waals surface area contributed by atoms with Gasteiger partial charge in [-0.25, -0.2) is 0 Å². The van der Waals surface area contributed by atoms with Gasteiger partial charge in [-0.05, 0) is 78.6 Å². The van der Waals surface area contributed by atoms with Crippen molar-refractivity contribution in [1.82, 2.24) is 19.3 Å². The average Bonchev–Trinajstić information content (AvgIpc) is 3.28. The first-order chi connectivity index (χ1) is 18.7. The Hall–Kier alpha value is -2.92. The van der Waals surface area contributed by atoms with Gasteiger partial charge in [0.2, 0.25) is 0 Å². The van der Waals surface area contributed by atoms with Gasteiger partial charge in [0.15, 0.2) is 0 Å². The van der Waals surface area contributed by atoms with Crippen molar-refractivity contribution in [3.05, 3.63) is 62.9 Å². The van der Waals surface area contributed by atoms with Crippen LogP contribution in [-0.2, 0) is 18.3 Å². The van der Waals surface area contributed by atoms with Crippen molar-refractivity contribution in [1.29, 1.82) is 0 Å². The van der Waals surface area contributed by atoms with Gasteiger partial charge in [-0.15, -0.1) is 0 Å². The number of likely N-dealkylation sites (tertiary alicyclic amines) is 1. The van der Waals surface area contributed by atoms with Gasteiger partial charge in [0.05, 0.1) is 23.8 Å². The van der Waals surface area contributed by atoms with E-state index in [0.717, 1.165) is 37.9 Å². The Bertz CT molecular complexity index is 1380. The molecule has 2 aliphatic rings. The molecule has 1 aromatic heterocycles. The number of piperidine rings is 1. The van der Waals surface area contributed by atoms with Gasteiger partial charge in [-0.3, -0.25) is 14.4 Å². The van der Waals surface area contributed by atoms with Crippen molar-refractivity contribution in [2.45, 2.75) is 19.3 Å². The van der Waals surface area contributed by atoms with Crippen LogP contribution in [0.15, 0.2) is 42.6 Å². The summed E-state index contributed by atoms with van der Waals surface area (Å²) in [4.78, 5) is 45.8. The van der Waals surface area contributed by atoms with E-state index in [2.05, 4.69) is 51.8 Å². The second-order valence-electron chi connectivity index (χ2n) is 10.7. The predicted molar refractivity (Wildman–Crippen MR) is 159 cm³/mol. The second kappa shape index (κ2) is 11.7. The summed E-state index contributed by atoms with van der Waals surface area (Å²) in [5, 5.41) is 0.600. The summed E-state index contributed by atoms with van der Waals surface area (Å²) in [6.07, 6.45) is 4.59. The molecule has 9 heteroatoms. The Balaban J connectivity index is 1.35. The van der Waals surface area contributed by atoms with E-state index in [1.807, 2.05) is 23.6 Å². The molecule has 0 atom stereocenters. The van der Waals surface area contributed by atoms with Crippen molar-refractivity contribution < 1.29 is 19.1 Å². The lowest BCUT2D eigenvalue weighted by molar-refractivity contribution is -0.127. The Morgan fingerprint density at radius 2 is 1.56 bits per heavy atom. The molecule has 0 radical (unpaired) electrons. The number of amides is 2. The van der Waals surface area contributed by atoms with Crippen LogP contribution in [-0.4, -0.2) is 90.3 Å². The van der Waals surface area contributed by atoms with Crippen LogP contribution in [0.25, 0.3) is 10.9 Å². The smallest absolute Gasteiger partial charge is 0.295 e. The third-order valence-electron chi connectivity index (χ3n) is 8.11. The van der Waals surface area contributed by atoms with Crippen LogP contribution >= 0.6 is 22.6 Å². The number of likely N-dealkylation sites (N-methyl/N-ethyl adjacent to an activating group) is 1. The number of halogens is 1. The highest BCUT2D eigenvalue weighted by Gasteiger charge is 2.30. The highest BCUT2D eigenvalue weighted by Crippen LogP contribution is 2.32. The van der Waals surface area contributed by atoms with Crippen LogP contribution in [0, 0.1) is 9.49 Å². The number of benzene rings is 2. The standard InChI is InChI=1S/C30H35IN4O4/c1-32-12-14-35(15-13-32)30(38)28(36)25-19-33(2)26-18-27(39-3)24(17-23(25)26)29(37)34-10-8-21(9-11-34)16-20-4-6-22(31)7-5-20/h4-7,17-19,21H,8-16H2,1-3H3. The molecule has 0 unspecified atom stereocenters. The number of methoxy groups -OCH3 is 1. The van der Waals surface area contributed by atoms with Gasteiger partial charge in [0.25, 0.3) is 17.6 Å². The molecule has 2 amide bonds. The minimum Gasteiger partial charge on any atom is -0.496 e. The molecule has 3 aromatic rings. The molecule has 39 heavy (non-hydrogen) atoms. The van der Waals surface area contributed by atoms with Crippen molar-refractivity contribution in [3.63, 3.8) is 0 Å². The molecule has 3 heterocycles. The number of carbonyl (C=O) groups is 3. The second-order valence-corrected chi connectivity index (χ2v) is 12.0. The predicted octanol–water partition coefficient (Wildman–Crippen LogP) is 3.84. The molecule has 2 aromatic carbocycles. The number of ketones is 1. The van der Waals surface area contributed by atoms with E-state index >= 15 is 0 Å². The van der Waals surface area contributed by atoms with E-state index in [1.54, 1.807) is 30.3 Å². The van der Waals surface area contributed by atoms with Crippen molar-refractivity contribution in [2.75, 3.05) is 53.4 Å². The first kappa shape index (κ1) is 27.6. The summed E-state index contributed by atoms with van der Waals surface area (Å²) in [6.45, 7) is 3.90. The highest BCUT2D eigenvalue weighted by atomic mass is 127. The van der Waals surface area contributed by atoms with Crippen LogP contribution in [0.1, 0.15) is 39.1 Å². The molecular formula is C30H35IN4O4. The molecule has 2 fully saturated rings. The van der Waals surface area contributed by atoms with Crippen molar-refractivity contribution in [3.8, 4) is 5.75 Å². The Morgan fingerprint density at radius 1 is 0.897 bits per heavy atom. The summed E-state index contributed by atoms with van der Waals surface area (Å²) in [5.74, 6) is -0.120. The monoisotopic (exact) mass is 642 g/mol. The van der Waals surface area contributed by atoms with Gasteiger partial charge in [-0.1, -0.05) is 12.1 Å². The van der Waals surface area contributed by atoms with Crippen LogP contribution in [0.2, 0.25) is 0 Å². The molecule has 2 saturated heterocycles. The Morgan fingerprint density at radius 3 is 2.21 bits per heavy atom. The molecule has 0 N–H and O–H groups in total. The molecule has 0 saturated carbocycles. The van der Waals surface area contributed by atoms with Crippen LogP contribution in [0.4, 0.5) is 0 Å². The number of hydrogen-bond acceptors (Lipinski definition) is 5. The van der Waals surface area contributed by atoms with E-state index in [-0.39, 0.29) is 5.91 Å². The topological polar surface area (TPSA) is 75.1 Å². The zero-order chi connectivity index (χ0) is 27.7. The number of carbonyl (C=O) groups excluding carboxylic acids is 3. The minimum absolute atomic E-state index is 0.103. The lowest BCUT2D eigenvalue weighted by Crippen LogP contribution is -2.49. The SMILES string of the molecule is COc1cc2c(cc1C(=O)N1CCC(Cc3ccc(I)cc3)CC1)c(C(=O)C(=O)N1CCN(C)CC1)cn2C. The third-order valence-corrected chi connectivity index (χ3v) is 8.83. The first-order valence-corrected chi connectivity index (χ1v) is 14.6. The third kappa shape index (κ3) is 5.84. The molecule has 206 valence electrons. The fraction of sp³-hybridized carbons (Fsp3) is 0.433. The van der Waals surface area contributed by atoms with Gasteiger partial charge >= 0.3 is 0 Å². The number of fused-ring (bicyclic) bond motifs is 1. The number of Topliss-reactive ketones (excluding diaryl/α,β-unsaturated/α-hetero) is 1. The fourth-order valence-corrected chi connectivity index (χ4v) is 6.02. The molecule has 5 rings (SSSR count). The van der Waals surface area contributed by atoms with Gasteiger partial charge in [0.1, 0.15) is 5.75 Å². The van der Waals surface area contributed by atoms with Crippen molar-refractivity contribution in [2.24, 2.45) is 13.0 Å². The Kier molecular flexibility index (Phi) is 8.27. The first-order valence-electron chi connectivity index (χ1n) is 13.5. The molecule has 0 bridgehead atoms. The van der Waals surface area contributed by atoms with E-state index in [1.165, 1.54) is 9.13 Å². The number of ether oxygens (including phenoxy) is 1. The molecular weight excluding hydrogens is 607 g/mol. The van der Waals surface area contributed by atoms with E-state index in [9.17, 15) is 14.4 Å². The zero-order valence-electron chi connectivity index (χ0n) is 22.8. The summed E-state index contributed by atoms with van der Waals surface area (Å²) in [6, 6.07) is 12.2. The normalized spacial score (nSPS) is 17.0. The van der Waals surface area contributed by atoms with E-state index in [0.29, 0.717) is 54.4 Å². The molecule has 0 spiro atoms. The summed E-state index contributed by atoms with van der Waals surface area (Å²) in [5.41, 5.74) is 2.83. The molecule has 8 nitrogen and oxygen atoms in total. The largest absolute Gasteiger partial charge is 0.496 e. The molecule has 2 aliphatic heterocycles. The number of nitrogens with zero attached hydrogens (tertiary/aromatic N) is 4. The van der Waals surface area contributed by atoms with Crippen LogP contribution in [0.3, 0.4) is 0 Å². The van der Waals surface area contributed by atoms with Gasteiger partial charge < -0.3 is 24.0 Å². The minimum atomic E-state index is -0.537. The number of hydrogen-bond donors (Lipinski definition) is 0. The number of rotatable bonds is 6. The summed E-state index contributed by atoms with van der Waals surface area (Å²) in [7, 11) is 5.39. The van der Waals surface area contributed by atoms with Crippen molar-refractivity contribution >= 4 is 51.1 Å². The van der Waals surface area contributed by atoms with E-state index < -0.39 is 11.7 Å². The summed E-state index contributed by atoms with van der Waals surface area (Å²) < 4.78 is 8.67. The van der Waals surface area contributed by atoms with Crippen LogP contribution in [0.5, 0.6) is 5.75 Å². The highest BCUT2D eigenvalue weighted by molar-refractivity contribution is 14.1. The number of aryl methyl sites for hydroxylation is 1. The number of aromatic nitrogens is 1. The maximum atomic E-state index is 13.7. The summed E-state index contributed by atoms with van der Waals surface area (Å²) >= 11 is 2.32. The van der Waals surface area contributed by atoms with Gasteiger partial charge in [0, 0.05) is 67.5 Å². The van der Waals surface area contributed by atoms with Crippen LogP contribution < -0.4 is 4.74 Å². The zero-order valence-corrected chi connectivity index (χ0v) is 24.9. The maximum Gasteiger partial charge on any atom is 0.295 e. The van der Waals surface area contributed by atoms with Gasteiger partial charge in [-0.2, -0.15) is 0 Å². The molecule has 0 aliphatic carbocycles. The number of piperazine rings is 1. The van der Waals surface area contributed by atoms with E-state index in [4.69, 9.17) is 4.74 Å². The lowest BCUT2D eigenvalue weighted by atomic mass is 9.90. The Labute approximate surface area is 243 Å². The lowest BCUT2D eigenvalue weighted by Gasteiger charge is -2.32.